The van der Waals surface area contributed by atoms with Gasteiger partial charge < -0.3 is 11.1 Å². The lowest BCUT2D eigenvalue weighted by Crippen LogP contribution is -2.41. The van der Waals surface area contributed by atoms with E-state index in [2.05, 4.69) is 15.3 Å². The van der Waals surface area contributed by atoms with Crippen molar-refractivity contribution in [2.75, 3.05) is 13.1 Å². The molecule has 0 saturated carbocycles. The summed E-state index contributed by atoms with van der Waals surface area (Å²) in [5.41, 5.74) is 5.71. The van der Waals surface area contributed by atoms with E-state index in [0.717, 1.165) is 16.9 Å². The number of carbonyl (C=O) groups is 1. The molecule has 0 aliphatic rings. The van der Waals surface area contributed by atoms with E-state index in [1.54, 1.807) is 24.5 Å². The van der Waals surface area contributed by atoms with E-state index in [4.69, 9.17) is 5.73 Å². The highest BCUT2D eigenvalue weighted by Crippen LogP contribution is 2.24. The van der Waals surface area contributed by atoms with Gasteiger partial charge in [0, 0.05) is 18.0 Å². The molecule has 0 fully saturated rings. The number of nitrogens with two attached hydrogens (primary N) is 1. The molecule has 0 atom stereocenters. The van der Waals surface area contributed by atoms with Crippen molar-refractivity contribution in [1.82, 2.24) is 15.3 Å². The number of hydrogen-bond donors (Lipinski definition) is 2. The maximum atomic E-state index is 12.9. The minimum Gasteiger partial charge on any atom is -0.345 e. The Bertz CT molecular complexity index is 598. The van der Waals surface area contributed by atoms with Crippen molar-refractivity contribution in [2.45, 2.75) is 5.92 Å². The van der Waals surface area contributed by atoms with Crippen molar-refractivity contribution in [3.05, 3.63) is 35.6 Å². The molecule has 1 amide bonds. The second-order valence-electron chi connectivity index (χ2n) is 4.01. The summed E-state index contributed by atoms with van der Waals surface area (Å²) in [6.07, 6.45) is 4.58. The van der Waals surface area contributed by atoms with Crippen molar-refractivity contribution >= 4 is 42.1 Å². The number of aromatic nitrogens is 2. The maximum absolute atomic E-state index is 12.9. The quantitative estimate of drug-likeness (QED) is 0.846. The number of nitrogens with one attached hydrogen (secondary N) is 1. The lowest BCUT2D eigenvalue weighted by molar-refractivity contribution is 0.0119. The summed E-state index contributed by atoms with van der Waals surface area (Å²) in [5.74, 6) is -3.69. The van der Waals surface area contributed by atoms with Crippen LogP contribution in [0.15, 0.2) is 30.7 Å². The van der Waals surface area contributed by atoms with Gasteiger partial charge in [0.05, 0.1) is 19.3 Å². The SMILES string of the molecule is Cl.Cl.NCC(F)(F)CNC(=O)c1cnc(-c2ccncc2)s1. The van der Waals surface area contributed by atoms with E-state index >= 15 is 0 Å². The zero-order chi connectivity index (χ0) is 14.6. The highest BCUT2D eigenvalue weighted by atomic mass is 35.5. The molecule has 10 heteroatoms. The summed E-state index contributed by atoms with van der Waals surface area (Å²) in [4.78, 5) is 20.0. The summed E-state index contributed by atoms with van der Waals surface area (Å²) in [6.45, 7) is -1.59. The first-order valence-electron chi connectivity index (χ1n) is 5.74. The van der Waals surface area contributed by atoms with E-state index in [0.29, 0.717) is 5.01 Å². The average molecular weight is 371 g/mol. The van der Waals surface area contributed by atoms with Crippen LogP contribution in [0.4, 0.5) is 8.78 Å². The van der Waals surface area contributed by atoms with Gasteiger partial charge in [-0.05, 0) is 12.1 Å². The van der Waals surface area contributed by atoms with Crippen LogP contribution in [0, 0.1) is 0 Å². The van der Waals surface area contributed by atoms with E-state index < -0.39 is 24.9 Å². The van der Waals surface area contributed by atoms with Crippen LogP contribution in [-0.4, -0.2) is 34.9 Å². The first-order valence-corrected chi connectivity index (χ1v) is 6.56. The molecule has 22 heavy (non-hydrogen) atoms. The Labute approximate surface area is 142 Å². The molecule has 3 N–H and O–H groups in total. The van der Waals surface area contributed by atoms with Crippen molar-refractivity contribution in [1.29, 1.82) is 0 Å². The normalized spacial score (nSPS) is 10.3. The second-order valence-corrected chi connectivity index (χ2v) is 5.04. The summed E-state index contributed by atoms with van der Waals surface area (Å²) in [6, 6.07) is 3.51. The van der Waals surface area contributed by atoms with Crippen LogP contribution >= 0.6 is 36.2 Å². The van der Waals surface area contributed by atoms with Crippen LogP contribution < -0.4 is 11.1 Å². The summed E-state index contributed by atoms with van der Waals surface area (Å²) >= 11 is 1.13. The molecule has 0 unspecified atom stereocenters. The van der Waals surface area contributed by atoms with Gasteiger partial charge in [0.15, 0.2) is 0 Å². The Morgan fingerprint density at radius 2 is 1.95 bits per heavy atom. The van der Waals surface area contributed by atoms with Crippen molar-refractivity contribution in [3.63, 3.8) is 0 Å². The Morgan fingerprint density at radius 3 is 2.55 bits per heavy atom. The molecule has 5 nitrogen and oxygen atoms in total. The van der Waals surface area contributed by atoms with Gasteiger partial charge in [0.25, 0.3) is 11.8 Å². The fourth-order valence-electron chi connectivity index (χ4n) is 1.38. The minimum atomic E-state index is -3.10. The molecule has 122 valence electrons. The average Bonchev–Trinajstić information content (AvgIpc) is 2.96. The molecule has 0 radical (unpaired) electrons. The largest absolute Gasteiger partial charge is 0.345 e. The topological polar surface area (TPSA) is 80.9 Å². The standard InChI is InChI=1S/C12H12F2N4OS.2ClH/c13-12(14,6-15)7-18-10(19)9-5-17-11(20-9)8-1-3-16-4-2-8;;/h1-5H,6-7,15H2,(H,18,19);2*1H. The van der Waals surface area contributed by atoms with Crippen molar-refractivity contribution in [2.24, 2.45) is 5.73 Å². The van der Waals surface area contributed by atoms with Crippen LogP contribution in [0.2, 0.25) is 0 Å². The minimum absolute atomic E-state index is 0. The number of hydrogen-bond acceptors (Lipinski definition) is 5. The third-order valence-corrected chi connectivity index (χ3v) is 3.51. The first-order chi connectivity index (χ1) is 9.52. The number of halogens is 4. The van der Waals surface area contributed by atoms with Crippen LogP contribution in [0.5, 0.6) is 0 Å². The number of thiazole rings is 1. The number of rotatable bonds is 5. The van der Waals surface area contributed by atoms with E-state index in [-0.39, 0.29) is 29.7 Å². The molecule has 2 rings (SSSR count). The predicted octanol–water partition coefficient (Wildman–Crippen LogP) is 2.37. The number of pyridine rings is 1. The first kappa shape index (κ1) is 20.6. The lowest BCUT2D eigenvalue weighted by Gasteiger charge is -2.13. The third kappa shape index (κ3) is 5.45. The highest BCUT2D eigenvalue weighted by Gasteiger charge is 2.27. The Morgan fingerprint density at radius 1 is 1.32 bits per heavy atom. The Balaban J connectivity index is 0.00000220. The summed E-state index contributed by atoms with van der Waals surface area (Å²) < 4.78 is 25.9. The van der Waals surface area contributed by atoms with Gasteiger partial charge in [-0.25, -0.2) is 13.8 Å². The van der Waals surface area contributed by atoms with Gasteiger partial charge >= 0.3 is 0 Å². The van der Waals surface area contributed by atoms with Gasteiger partial charge in [-0.2, -0.15) is 0 Å². The molecule has 2 aromatic heterocycles. The monoisotopic (exact) mass is 370 g/mol. The molecule has 0 aliphatic carbocycles. The van der Waals surface area contributed by atoms with E-state index in [1.807, 2.05) is 0 Å². The van der Waals surface area contributed by atoms with Gasteiger partial charge in [0.1, 0.15) is 9.88 Å². The molecule has 2 aromatic rings. The Hall–Kier alpha value is -1.35. The molecule has 0 spiro atoms. The number of nitrogens with zero attached hydrogens (tertiary/aromatic N) is 2. The van der Waals surface area contributed by atoms with Crippen LogP contribution in [-0.2, 0) is 0 Å². The molecule has 0 aromatic carbocycles. The number of amides is 1. The third-order valence-electron chi connectivity index (χ3n) is 2.46. The molecule has 0 aliphatic heterocycles. The molecule has 0 saturated heterocycles. The van der Waals surface area contributed by atoms with Crippen LogP contribution in [0.3, 0.4) is 0 Å². The van der Waals surface area contributed by atoms with Gasteiger partial charge in [0.2, 0.25) is 0 Å². The Kier molecular flexibility index (Phi) is 8.39. The zero-order valence-electron chi connectivity index (χ0n) is 11.2. The van der Waals surface area contributed by atoms with Crippen molar-refractivity contribution in [3.8, 4) is 10.6 Å². The van der Waals surface area contributed by atoms with Crippen molar-refractivity contribution < 1.29 is 13.6 Å². The van der Waals surface area contributed by atoms with Gasteiger partial charge in [-0.15, -0.1) is 36.2 Å². The van der Waals surface area contributed by atoms with Crippen LogP contribution in [0.1, 0.15) is 9.67 Å². The second kappa shape index (κ2) is 8.94. The summed E-state index contributed by atoms with van der Waals surface area (Å²) in [7, 11) is 0. The van der Waals surface area contributed by atoms with Crippen LogP contribution in [0.25, 0.3) is 10.6 Å². The molecular formula is C12H14Cl2F2N4OS. The predicted molar refractivity (Wildman–Crippen MR) is 86.2 cm³/mol. The fraction of sp³-hybridized carbons (Fsp3) is 0.250. The smallest absolute Gasteiger partial charge is 0.277 e. The van der Waals surface area contributed by atoms with E-state index in [9.17, 15) is 13.6 Å². The van der Waals surface area contributed by atoms with Gasteiger partial charge in [-0.3, -0.25) is 9.78 Å². The summed E-state index contributed by atoms with van der Waals surface area (Å²) in [5, 5.41) is 2.77. The van der Waals surface area contributed by atoms with Gasteiger partial charge in [-0.1, -0.05) is 0 Å². The zero-order valence-corrected chi connectivity index (χ0v) is 13.6. The molecule has 0 bridgehead atoms. The number of alkyl halides is 2. The lowest BCUT2D eigenvalue weighted by atomic mass is 10.3. The van der Waals surface area contributed by atoms with E-state index in [1.165, 1.54) is 6.20 Å². The maximum Gasteiger partial charge on any atom is 0.277 e. The number of carbonyl (C=O) groups excluding carboxylic acids is 1. The fourth-order valence-corrected chi connectivity index (χ4v) is 2.21. The molecule has 2 heterocycles. The highest BCUT2D eigenvalue weighted by molar-refractivity contribution is 7.16. The molecular weight excluding hydrogens is 357 g/mol.